The number of allylic oxidation sites excluding steroid dienone is 2. The second-order valence-corrected chi connectivity index (χ2v) is 6.80. The van der Waals surface area contributed by atoms with Crippen molar-refractivity contribution in [3.8, 4) is 0 Å². The summed E-state index contributed by atoms with van der Waals surface area (Å²) in [5, 5.41) is 0. The van der Waals surface area contributed by atoms with Crippen molar-refractivity contribution in [2.75, 3.05) is 0 Å². The summed E-state index contributed by atoms with van der Waals surface area (Å²) in [5.41, 5.74) is 2.45. The van der Waals surface area contributed by atoms with E-state index in [1.54, 1.807) is 0 Å². The lowest BCUT2D eigenvalue weighted by Crippen LogP contribution is -2.32. The van der Waals surface area contributed by atoms with Crippen LogP contribution >= 0.6 is 0 Å². The van der Waals surface area contributed by atoms with Crippen molar-refractivity contribution >= 4 is 0 Å². The molecule has 0 aliphatic heterocycles. The van der Waals surface area contributed by atoms with Crippen LogP contribution < -0.4 is 0 Å². The molecule has 2 rings (SSSR count). The average Bonchev–Trinajstić information content (AvgIpc) is 2.53. The molecule has 3 atom stereocenters. The molecule has 0 bridgehead atoms. The van der Waals surface area contributed by atoms with Crippen LogP contribution in [0.1, 0.15) is 66.2 Å². The van der Waals surface area contributed by atoms with Crippen molar-refractivity contribution in [2.24, 2.45) is 23.2 Å². The second kappa shape index (κ2) is 4.55. The van der Waals surface area contributed by atoms with E-state index in [0.29, 0.717) is 5.41 Å². The van der Waals surface area contributed by atoms with Gasteiger partial charge in [-0.05, 0) is 61.7 Å². The molecule has 0 spiro atoms. The number of fused-ring (bicyclic) bond motifs is 1. The van der Waals surface area contributed by atoms with Crippen molar-refractivity contribution in [3.05, 3.63) is 11.6 Å². The van der Waals surface area contributed by atoms with Gasteiger partial charge in [0.25, 0.3) is 0 Å². The lowest BCUT2D eigenvalue weighted by molar-refractivity contribution is 0.146. The van der Waals surface area contributed by atoms with Crippen molar-refractivity contribution in [1.29, 1.82) is 0 Å². The van der Waals surface area contributed by atoms with Gasteiger partial charge in [-0.2, -0.15) is 0 Å². The molecule has 0 N–H and O–H groups in total. The van der Waals surface area contributed by atoms with Crippen LogP contribution in [0.4, 0.5) is 0 Å². The summed E-state index contributed by atoms with van der Waals surface area (Å²) >= 11 is 0. The van der Waals surface area contributed by atoms with Crippen molar-refractivity contribution < 1.29 is 0 Å². The van der Waals surface area contributed by atoms with Crippen LogP contribution in [0, 0.1) is 23.2 Å². The highest BCUT2D eigenvalue weighted by Gasteiger charge is 2.46. The summed E-state index contributed by atoms with van der Waals surface area (Å²) in [6, 6.07) is 0. The monoisotopic (exact) mass is 220 g/mol. The number of hydrogen-bond acceptors (Lipinski definition) is 0. The van der Waals surface area contributed by atoms with E-state index >= 15 is 0 Å². The molecular formula is C16H28. The SMILES string of the molecule is CC(C)C/C=C1\CCCC2(C)C(C)CCC12. The van der Waals surface area contributed by atoms with Gasteiger partial charge >= 0.3 is 0 Å². The molecule has 0 aromatic rings. The van der Waals surface area contributed by atoms with Gasteiger partial charge in [0, 0.05) is 0 Å². The Morgan fingerprint density at radius 2 is 2.12 bits per heavy atom. The second-order valence-electron chi connectivity index (χ2n) is 6.80. The molecule has 3 unspecified atom stereocenters. The molecular weight excluding hydrogens is 192 g/mol. The van der Waals surface area contributed by atoms with Crippen LogP contribution in [0.3, 0.4) is 0 Å². The lowest BCUT2D eigenvalue weighted by Gasteiger charge is -2.41. The van der Waals surface area contributed by atoms with E-state index in [1.807, 2.05) is 5.57 Å². The zero-order chi connectivity index (χ0) is 11.8. The van der Waals surface area contributed by atoms with Gasteiger partial charge < -0.3 is 0 Å². The summed E-state index contributed by atoms with van der Waals surface area (Å²) in [5.74, 6) is 2.69. The maximum atomic E-state index is 2.59. The van der Waals surface area contributed by atoms with Gasteiger partial charge in [-0.15, -0.1) is 0 Å². The highest BCUT2D eigenvalue weighted by atomic mass is 14.5. The van der Waals surface area contributed by atoms with Gasteiger partial charge in [0.15, 0.2) is 0 Å². The molecule has 0 heteroatoms. The molecule has 0 nitrogen and oxygen atoms in total. The fraction of sp³-hybridized carbons (Fsp3) is 0.875. The summed E-state index contributed by atoms with van der Waals surface area (Å²) in [6.07, 6.45) is 11.1. The third-order valence-electron chi connectivity index (χ3n) is 5.29. The Kier molecular flexibility index (Phi) is 3.47. The van der Waals surface area contributed by atoms with Gasteiger partial charge in [-0.1, -0.05) is 39.3 Å². The van der Waals surface area contributed by atoms with Gasteiger partial charge in [0.05, 0.1) is 0 Å². The largest absolute Gasteiger partial charge is 0.0848 e. The van der Waals surface area contributed by atoms with Gasteiger partial charge in [-0.3, -0.25) is 0 Å². The topological polar surface area (TPSA) is 0 Å². The molecule has 16 heavy (non-hydrogen) atoms. The van der Waals surface area contributed by atoms with E-state index in [0.717, 1.165) is 17.8 Å². The van der Waals surface area contributed by atoms with E-state index in [2.05, 4.69) is 33.8 Å². The third-order valence-corrected chi connectivity index (χ3v) is 5.29. The minimum Gasteiger partial charge on any atom is -0.0848 e. The van der Waals surface area contributed by atoms with Gasteiger partial charge in [-0.25, -0.2) is 0 Å². The maximum Gasteiger partial charge on any atom is -0.0147 e. The molecule has 0 aromatic heterocycles. The van der Waals surface area contributed by atoms with E-state index in [1.165, 1.54) is 38.5 Å². The molecule has 2 fully saturated rings. The van der Waals surface area contributed by atoms with Crippen LogP contribution in [-0.4, -0.2) is 0 Å². The van der Waals surface area contributed by atoms with Gasteiger partial charge in [0.2, 0.25) is 0 Å². The molecule has 92 valence electrons. The Labute approximate surface area is 102 Å². The third kappa shape index (κ3) is 2.08. The first-order chi connectivity index (χ1) is 7.54. The minimum atomic E-state index is 0.640. The van der Waals surface area contributed by atoms with Crippen molar-refractivity contribution in [2.45, 2.75) is 66.2 Å². The maximum absolute atomic E-state index is 2.59. The fourth-order valence-electron chi connectivity index (χ4n) is 3.93. The summed E-state index contributed by atoms with van der Waals surface area (Å²) in [7, 11) is 0. The number of rotatable bonds is 2. The van der Waals surface area contributed by atoms with E-state index in [4.69, 9.17) is 0 Å². The standard InChI is InChI=1S/C16H28/c1-12(2)7-9-14-6-5-11-16(4)13(3)8-10-15(14)16/h9,12-13,15H,5-8,10-11H2,1-4H3/b14-9+. The van der Waals surface area contributed by atoms with Crippen LogP contribution in [0.25, 0.3) is 0 Å². The summed E-state index contributed by atoms with van der Waals surface area (Å²) in [6.45, 7) is 9.69. The summed E-state index contributed by atoms with van der Waals surface area (Å²) in [4.78, 5) is 0. The quantitative estimate of drug-likeness (QED) is 0.561. The van der Waals surface area contributed by atoms with Crippen LogP contribution in [0.5, 0.6) is 0 Å². The molecule has 0 heterocycles. The zero-order valence-electron chi connectivity index (χ0n) is 11.6. The van der Waals surface area contributed by atoms with Gasteiger partial charge in [0.1, 0.15) is 0 Å². The molecule has 0 radical (unpaired) electrons. The highest BCUT2D eigenvalue weighted by Crippen LogP contribution is 2.57. The molecule has 2 aliphatic rings. The zero-order valence-corrected chi connectivity index (χ0v) is 11.6. The molecule has 2 aliphatic carbocycles. The minimum absolute atomic E-state index is 0.640. The number of hydrogen-bond donors (Lipinski definition) is 0. The average molecular weight is 220 g/mol. The smallest absolute Gasteiger partial charge is 0.0147 e. The van der Waals surface area contributed by atoms with Crippen LogP contribution in [0.2, 0.25) is 0 Å². The van der Waals surface area contributed by atoms with Crippen LogP contribution in [-0.2, 0) is 0 Å². The lowest BCUT2D eigenvalue weighted by atomic mass is 9.64. The first kappa shape index (κ1) is 12.2. The molecule has 2 saturated carbocycles. The van der Waals surface area contributed by atoms with Crippen LogP contribution in [0.15, 0.2) is 11.6 Å². The normalized spacial score (nSPS) is 41.7. The summed E-state index contributed by atoms with van der Waals surface area (Å²) < 4.78 is 0. The first-order valence-electron chi connectivity index (χ1n) is 7.23. The Morgan fingerprint density at radius 1 is 1.38 bits per heavy atom. The predicted molar refractivity (Wildman–Crippen MR) is 71.4 cm³/mol. The van der Waals surface area contributed by atoms with E-state index in [9.17, 15) is 0 Å². The Balaban J connectivity index is 2.14. The van der Waals surface area contributed by atoms with Crippen molar-refractivity contribution in [3.63, 3.8) is 0 Å². The predicted octanol–water partition coefficient (Wildman–Crippen LogP) is 5.20. The Bertz CT molecular complexity index is 274. The van der Waals surface area contributed by atoms with E-state index in [-0.39, 0.29) is 0 Å². The fourth-order valence-corrected chi connectivity index (χ4v) is 3.93. The highest BCUT2D eigenvalue weighted by molar-refractivity contribution is 5.17. The Hall–Kier alpha value is -0.260. The molecule has 0 saturated heterocycles. The molecule has 0 amide bonds. The first-order valence-corrected chi connectivity index (χ1v) is 7.23. The Morgan fingerprint density at radius 3 is 2.81 bits per heavy atom. The van der Waals surface area contributed by atoms with Crippen molar-refractivity contribution in [1.82, 2.24) is 0 Å². The van der Waals surface area contributed by atoms with E-state index < -0.39 is 0 Å². The molecule has 0 aromatic carbocycles.